The summed E-state index contributed by atoms with van der Waals surface area (Å²) in [5.41, 5.74) is 6.67. The second-order valence-corrected chi connectivity index (χ2v) is 9.19. The summed E-state index contributed by atoms with van der Waals surface area (Å²) in [7, 11) is 2.17. The molecule has 5 nitrogen and oxygen atoms in total. The van der Waals surface area contributed by atoms with E-state index in [1.165, 1.54) is 44.1 Å². The first kappa shape index (κ1) is 21.2. The van der Waals surface area contributed by atoms with E-state index in [9.17, 15) is 9.90 Å². The molecule has 0 amide bonds. The zero-order chi connectivity index (χ0) is 20.9. The Morgan fingerprint density at radius 3 is 2.43 bits per heavy atom. The van der Waals surface area contributed by atoms with Gasteiger partial charge in [0.25, 0.3) is 0 Å². The number of fused-ring (bicyclic) bond motifs is 2. The third-order valence-electron chi connectivity index (χ3n) is 5.99. The van der Waals surface area contributed by atoms with Crippen LogP contribution in [0.25, 0.3) is 5.57 Å². The smallest absolute Gasteiger partial charge is 0.345 e. The lowest BCUT2D eigenvalue weighted by molar-refractivity contribution is 0.0702. The molecule has 0 radical (unpaired) electrons. The fourth-order valence-corrected chi connectivity index (χ4v) is 5.35. The second kappa shape index (κ2) is 9.88. The van der Waals surface area contributed by atoms with E-state index in [0.29, 0.717) is 4.88 Å². The summed E-state index contributed by atoms with van der Waals surface area (Å²) >= 11 is 1.45. The Balaban J connectivity index is 0.000000313. The maximum absolute atomic E-state index is 11.5. The molecule has 2 aliphatic heterocycles. The molecule has 0 atom stereocenters. The van der Waals surface area contributed by atoms with Crippen LogP contribution in [-0.2, 0) is 17.6 Å². The fourth-order valence-electron chi connectivity index (χ4n) is 4.34. The van der Waals surface area contributed by atoms with E-state index < -0.39 is 5.97 Å². The zero-order valence-electron chi connectivity index (χ0n) is 17.6. The van der Waals surface area contributed by atoms with Gasteiger partial charge in [-0.2, -0.15) is 0 Å². The standard InChI is InChI=1S/C20H21NO2S.C4H9NO/c1-21-10-8-14(9-11-21)19-15-5-3-2-4-13(15)6-7-17-16(19)12-18(24-17)20(22)23;1-3-6-4-2-5-1/h2-5,12H,6-11H2,1H3,(H,22,23);5H,1-4H2. The number of carboxylic acid groups (broad SMARTS) is 1. The highest BCUT2D eigenvalue weighted by Crippen LogP contribution is 2.41. The Morgan fingerprint density at radius 1 is 1.07 bits per heavy atom. The minimum atomic E-state index is -0.811. The molecule has 1 aromatic carbocycles. The van der Waals surface area contributed by atoms with Gasteiger partial charge in [0.15, 0.2) is 0 Å². The summed E-state index contributed by atoms with van der Waals surface area (Å²) in [6.07, 6.45) is 4.05. The van der Waals surface area contributed by atoms with Crippen LogP contribution in [0, 0.1) is 0 Å². The van der Waals surface area contributed by atoms with Crippen LogP contribution in [0.4, 0.5) is 0 Å². The zero-order valence-corrected chi connectivity index (χ0v) is 18.4. The van der Waals surface area contributed by atoms with Gasteiger partial charge >= 0.3 is 5.97 Å². The SMILES string of the molecule is C1COCCN1.CN1CCC(=C2c3ccccc3CCc3sc(C(=O)O)cc32)CC1. The lowest BCUT2D eigenvalue weighted by Gasteiger charge is -2.27. The normalized spacial score (nSPS) is 19.2. The number of ether oxygens (including phenoxy) is 1. The third kappa shape index (κ3) is 4.83. The van der Waals surface area contributed by atoms with Crippen molar-refractivity contribution in [3.8, 4) is 0 Å². The van der Waals surface area contributed by atoms with E-state index in [-0.39, 0.29) is 0 Å². The van der Waals surface area contributed by atoms with E-state index in [0.717, 1.165) is 65.1 Å². The molecule has 2 N–H and O–H groups in total. The average molecular weight is 427 g/mol. The van der Waals surface area contributed by atoms with Crippen LogP contribution in [0.3, 0.4) is 0 Å². The van der Waals surface area contributed by atoms with Gasteiger partial charge in [-0.05, 0) is 61.1 Å². The monoisotopic (exact) mass is 426 g/mol. The predicted octanol–water partition coefficient (Wildman–Crippen LogP) is 3.68. The van der Waals surface area contributed by atoms with E-state index in [4.69, 9.17) is 4.74 Å². The van der Waals surface area contributed by atoms with Crippen molar-refractivity contribution >= 4 is 22.9 Å². The van der Waals surface area contributed by atoms with Gasteiger partial charge in [-0.15, -0.1) is 11.3 Å². The molecule has 3 aliphatic rings. The van der Waals surface area contributed by atoms with Crippen LogP contribution < -0.4 is 5.32 Å². The van der Waals surface area contributed by atoms with Gasteiger partial charge in [-0.3, -0.25) is 0 Å². The molecule has 2 saturated heterocycles. The second-order valence-electron chi connectivity index (χ2n) is 8.05. The number of likely N-dealkylation sites (tertiary alicyclic amines) is 1. The van der Waals surface area contributed by atoms with Gasteiger partial charge in [-0.25, -0.2) is 4.79 Å². The van der Waals surface area contributed by atoms with Crippen molar-refractivity contribution in [2.75, 3.05) is 46.4 Å². The molecule has 0 saturated carbocycles. The van der Waals surface area contributed by atoms with E-state index >= 15 is 0 Å². The van der Waals surface area contributed by atoms with Gasteiger partial charge in [0.05, 0.1) is 13.2 Å². The molecule has 5 rings (SSSR count). The maximum atomic E-state index is 11.5. The molecule has 0 unspecified atom stereocenters. The highest BCUT2D eigenvalue weighted by Gasteiger charge is 2.26. The van der Waals surface area contributed by atoms with Gasteiger partial charge in [0, 0.05) is 31.1 Å². The molecule has 1 aliphatic carbocycles. The van der Waals surface area contributed by atoms with E-state index in [1.807, 2.05) is 6.07 Å². The Bertz CT molecular complexity index is 909. The molecule has 2 fully saturated rings. The van der Waals surface area contributed by atoms with E-state index in [2.05, 4.69) is 41.5 Å². The first-order valence-electron chi connectivity index (χ1n) is 10.8. The van der Waals surface area contributed by atoms with Gasteiger partial charge in [0.2, 0.25) is 0 Å². The van der Waals surface area contributed by atoms with Gasteiger partial charge in [-0.1, -0.05) is 29.8 Å². The molecular formula is C24H30N2O3S. The van der Waals surface area contributed by atoms with Crippen LogP contribution >= 0.6 is 11.3 Å². The Kier molecular flexibility index (Phi) is 7.00. The molecule has 0 bridgehead atoms. The number of carbonyl (C=O) groups is 1. The molecule has 3 heterocycles. The number of nitrogens with one attached hydrogen (secondary N) is 1. The number of carboxylic acids is 1. The lowest BCUT2D eigenvalue weighted by Crippen LogP contribution is -2.30. The average Bonchev–Trinajstić information content (AvgIpc) is 3.14. The number of benzene rings is 1. The molecule has 6 heteroatoms. The summed E-state index contributed by atoms with van der Waals surface area (Å²) in [4.78, 5) is 15.5. The quantitative estimate of drug-likeness (QED) is 0.728. The minimum Gasteiger partial charge on any atom is -0.477 e. The number of rotatable bonds is 1. The van der Waals surface area contributed by atoms with Gasteiger partial charge in [0.1, 0.15) is 4.88 Å². The largest absolute Gasteiger partial charge is 0.477 e. The van der Waals surface area contributed by atoms with Gasteiger partial charge < -0.3 is 20.1 Å². The van der Waals surface area contributed by atoms with Crippen LogP contribution in [0.2, 0.25) is 0 Å². The minimum absolute atomic E-state index is 0.463. The number of morpholine rings is 1. The molecule has 1 aromatic heterocycles. The summed E-state index contributed by atoms with van der Waals surface area (Å²) in [6.45, 7) is 5.98. The summed E-state index contributed by atoms with van der Waals surface area (Å²) in [5, 5.41) is 12.6. The molecule has 2 aromatic rings. The van der Waals surface area contributed by atoms with Crippen LogP contribution in [-0.4, -0.2) is 62.4 Å². The number of piperidine rings is 1. The first-order chi connectivity index (χ1) is 14.6. The summed E-state index contributed by atoms with van der Waals surface area (Å²) < 4.78 is 5.01. The number of hydrogen-bond acceptors (Lipinski definition) is 5. The topological polar surface area (TPSA) is 61.8 Å². The van der Waals surface area contributed by atoms with Crippen LogP contribution in [0.1, 0.15) is 44.1 Å². The molecule has 160 valence electrons. The van der Waals surface area contributed by atoms with Crippen molar-refractivity contribution in [1.82, 2.24) is 10.2 Å². The van der Waals surface area contributed by atoms with Crippen molar-refractivity contribution in [1.29, 1.82) is 0 Å². The van der Waals surface area contributed by atoms with Crippen molar-refractivity contribution < 1.29 is 14.6 Å². The van der Waals surface area contributed by atoms with Crippen LogP contribution in [0.15, 0.2) is 35.9 Å². The molecular weight excluding hydrogens is 396 g/mol. The number of thiophene rings is 1. The number of nitrogens with zero attached hydrogens (tertiary/aromatic N) is 1. The lowest BCUT2D eigenvalue weighted by atomic mass is 9.87. The number of hydrogen-bond donors (Lipinski definition) is 2. The highest BCUT2D eigenvalue weighted by molar-refractivity contribution is 7.14. The van der Waals surface area contributed by atoms with Crippen molar-refractivity contribution in [2.24, 2.45) is 0 Å². The highest BCUT2D eigenvalue weighted by atomic mass is 32.1. The number of aromatic carboxylic acids is 1. The summed E-state index contributed by atoms with van der Waals surface area (Å²) in [5.74, 6) is -0.811. The third-order valence-corrected chi connectivity index (χ3v) is 7.17. The predicted molar refractivity (Wildman–Crippen MR) is 122 cm³/mol. The molecule has 30 heavy (non-hydrogen) atoms. The maximum Gasteiger partial charge on any atom is 0.345 e. The van der Waals surface area contributed by atoms with Crippen molar-refractivity contribution in [3.63, 3.8) is 0 Å². The number of aryl methyl sites for hydroxylation is 2. The summed E-state index contributed by atoms with van der Waals surface area (Å²) in [6, 6.07) is 10.6. The Hall–Kier alpha value is -1.99. The van der Waals surface area contributed by atoms with Crippen LogP contribution in [0.5, 0.6) is 0 Å². The Labute approximate surface area is 182 Å². The Morgan fingerprint density at radius 2 is 1.80 bits per heavy atom. The first-order valence-corrected chi connectivity index (χ1v) is 11.6. The molecule has 0 spiro atoms. The fraction of sp³-hybridized carbons (Fsp3) is 0.458. The van der Waals surface area contributed by atoms with E-state index in [1.54, 1.807) is 0 Å². The van der Waals surface area contributed by atoms with Crippen molar-refractivity contribution in [3.05, 3.63) is 62.3 Å². The van der Waals surface area contributed by atoms with Crippen molar-refractivity contribution in [2.45, 2.75) is 25.7 Å².